The van der Waals surface area contributed by atoms with Crippen LogP contribution in [0.1, 0.15) is 36.6 Å². The quantitative estimate of drug-likeness (QED) is 0.797. The van der Waals surface area contributed by atoms with E-state index in [4.69, 9.17) is 0 Å². The second-order valence-electron chi connectivity index (χ2n) is 5.92. The Morgan fingerprint density at radius 3 is 2.95 bits per heavy atom. The molecule has 0 aromatic carbocycles. The number of anilines is 1. The van der Waals surface area contributed by atoms with Crippen molar-refractivity contribution < 1.29 is 0 Å². The minimum atomic E-state index is 0.803. The van der Waals surface area contributed by atoms with Crippen molar-refractivity contribution in [3.63, 3.8) is 0 Å². The molecule has 2 aliphatic rings. The summed E-state index contributed by atoms with van der Waals surface area (Å²) in [6.07, 6.45) is 8.12. The van der Waals surface area contributed by atoms with E-state index in [1.54, 1.807) is 16.8 Å². The molecule has 19 heavy (non-hydrogen) atoms. The molecule has 1 aliphatic heterocycles. The van der Waals surface area contributed by atoms with E-state index < -0.39 is 0 Å². The lowest BCUT2D eigenvalue weighted by Crippen LogP contribution is -2.20. The van der Waals surface area contributed by atoms with E-state index in [2.05, 4.69) is 21.8 Å². The summed E-state index contributed by atoms with van der Waals surface area (Å²) in [6.45, 7) is 4.68. The standard InChI is InChI=1S/C15H19N3S/c1-10-4-5-12-11(8-10)13-14(18-6-2-3-7-18)16-9-17-15(13)19-12/h9-10H,2-8H2,1H3/t10-/m0/s1. The first kappa shape index (κ1) is 11.6. The number of rotatable bonds is 1. The molecular formula is C15H19N3S. The van der Waals surface area contributed by atoms with Crippen LogP contribution in [0.4, 0.5) is 5.82 Å². The summed E-state index contributed by atoms with van der Waals surface area (Å²) >= 11 is 1.90. The van der Waals surface area contributed by atoms with Crippen molar-refractivity contribution in [2.75, 3.05) is 18.0 Å². The zero-order valence-corrected chi connectivity index (χ0v) is 12.2. The maximum absolute atomic E-state index is 4.62. The van der Waals surface area contributed by atoms with Crippen LogP contribution in [0, 0.1) is 5.92 Å². The van der Waals surface area contributed by atoms with Gasteiger partial charge in [0.25, 0.3) is 0 Å². The van der Waals surface area contributed by atoms with E-state index in [1.807, 2.05) is 11.3 Å². The molecule has 1 aliphatic carbocycles. The van der Waals surface area contributed by atoms with Crippen LogP contribution in [0.5, 0.6) is 0 Å². The molecule has 4 rings (SSSR count). The van der Waals surface area contributed by atoms with E-state index in [0.29, 0.717) is 0 Å². The number of hydrogen-bond acceptors (Lipinski definition) is 4. The number of fused-ring (bicyclic) bond motifs is 3. The van der Waals surface area contributed by atoms with E-state index in [-0.39, 0.29) is 0 Å². The van der Waals surface area contributed by atoms with Gasteiger partial charge in [0.05, 0.1) is 5.39 Å². The molecule has 0 bridgehead atoms. The van der Waals surface area contributed by atoms with Crippen LogP contribution >= 0.6 is 11.3 Å². The number of aryl methyl sites for hydroxylation is 1. The van der Waals surface area contributed by atoms with E-state index in [0.717, 1.165) is 19.0 Å². The van der Waals surface area contributed by atoms with Crippen molar-refractivity contribution in [3.8, 4) is 0 Å². The van der Waals surface area contributed by atoms with Gasteiger partial charge in [-0.2, -0.15) is 0 Å². The molecule has 4 heteroatoms. The number of aromatic nitrogens is 2. The fraction of sp³-hybridized carbons (Fsp3) is 0.600. The molecule has 1 fully saturated rings. The topological polar surface area (TPSA) is 29.0 Å². The predicted octanol–water partition coefficient (Wildman–Crippen LogP) is 3.42. The summed E-state index contributed by atoms with van der Waals surface area (Å²) in [6, 6.07) is 0. The Kier molecular flexibility index (Phi) is 2.72. The Morgan fingerprint density at radius 1 is 1.26 bits per heavy atom. The van der Waals surface area contributed by atoms with Crippen molar-refractivity contribution in [3.05, 3.63) is 16.8 Å². The highest BCUT2D eigenvalue weighted by Gasteiger charge is 2.25. The van der Waals surface area contributed by atoms with Crippen molar-refractivity contribution in [1.29, 1.82) is 0 Å². The van der Waals surface area contributed by atoms with Crippen LogP contribution in [0.3, 0.4) is 0 Å². The SMILES string of the molecule is C[C@H]1CCc2sc3ncnc(N4CCCC4)c3c2C1. The molecule has 0 amide bonds. The highest BCUT2D eigenvalue weighted by Crippen LogP contribution is 2.41. The first-order valence-electron chi connectivity index (χ1n) is 7.33. The van der Waals surface area contributed by atoms with E-state index >= 15 is 0 Å². The van der Waals surface area contributed by atoms with Gasteiger partial charge in [0, 0.05) is 18.0 Å². The third kappa shape index (κ3) is 1.84. The van der Waals surface area contributed by atoms with Gasteiger partial charge in [0.1, 0.15) is 17.0 Å². The van der Waals surface area contributed by atoms with Crippen molar-refractivity contribution in [2.24, 2.45) is 5.92 Å². The molecule has 0 N–H and O–H groups in total. The molecule has 0 radical (unpaired) electrons. The molecule has 0 unspecified atom stereocenters. The summed E-state index contributed by atoms with van der Waals surface area (Å²) in [5.41, 5.74) is 1.56. The van der Waals surface area contributed by atoms with Crippen molar-refractivity contribution in [2.45, 2.75) is 39.0 Å². The predicted molar refractivity (Wildman–Crippen MR) is 80.1 cm³/mol. The monoisotopic (exact) mass is 273 g/mol. The summed E-state index contributed by atoms with van der Waals surface area (Å²) in [5.74, 6) is 2.01. The minimum absolute atomic E-state index is 0.803. The van der Waals surface area contributed by atoms with Gasteiger partial charge in [0.2, 0.25) is 0 Å². The summed E-state index contributed by atoms with van der Waals surface area (Å²) in [5, 5.41) is 1.37. The highest BCUT2D eigenvalue weighted by atomic mass is 32.1. The normalized spacial score (nSPS) is 23.0. The van der Waals surface area contributed by atoms with Gasteiger partial charge in [-0.25, -0.2) is 9.97 Å². The number of thiophene rings is 1. The molecule has 0 saturated carbocycles. The average molecular weight is 273 g/mol. The van der Waals surface area contributed by atoms with Crippen LogP contribution in [-0.4, -0.2) is 23.1 Å². The smallest absolute Gasteiger partial charge is 0.141 e. The lowest BCUT2D eigenvalue weighted by Gasteiger charge is -2.21. The van der Waals surface area contributed by atoms with Crippen LogP contribution in [0.25, 0.3) is 10.2 Å². The molecule has 1 saturated heterocycles. The zero-order valence-electron chi connectivity index (χ0n) is 11.4. The van der Waals surface area contributed by atoms with Gasteiger partial charge in [-0.3, -0.25) is 0 Å². The molecule has 3 heterocycles. The van der Waals surface area contributed by atoms with Gasteiger partial charge in [-0.15, -0.1) is 11.3 Å². The zero-order chi connectivity index (χ0) is 12.8. The second-order valence-corrected chi connectivity index (χ2v) is 7.01. The number of nitrogens with zero attached hydrogens (tertiary/aromatic N) is 3. The first-order chi connectivity index (χ1) is 9.33. The van der Waals surface area contributed by atoms with Gasteiger partial charge in [0.15, 0.2) is 0 Å². The largest absolute Gasteiger partial charge is 0.356 e. The van der Waals surface area contributed by atoms with E-state index in [9.17, 15) is 0 Å². The summed E-state index contributed by atoms with van der Waals surface area (Å²) in [7, 11) is 0. The first-order valence-corrected chi connectivity index (χ1v) is 8.15. The Morgan fingerprint density at radius 2 is 2.11 bits per heavy atom. The van der Waals surface area contributed by atoms with Crippen molar-refractivity contribution >= 4 is 27.4 Å². The fourth-order valence-electron chi connectivity index (χ4n) is 3.43. The molecule has 2 aromatic rings. The third-order valence-electron chi connectivity index (χ3n) is 4.47. The summed E-state index contributed by atoms with van der Waals surface area (Å²) in [4.78, 5) is 14.4. The third-order valence-corrected chi connectivity index (χ3v) is 5.67. The van der Waals surface area contributed by atoms with Crippen LogP contribution in [-0.2, 0) is 12.8 Å². The lowest BCUT2D eigenvalue weighted by atomic mass is 9.88. The van der Waals surface area contributed by atoms with E-state index in [1.165, 1.54) is 48.1 Å². The fourth-order valence-corrected chi connectivity index (χ4v) is 4.61. The number of hydrogen-bond donors (Lipinski definition) is 0. The minimum Gasteiger partial charge on any atom is -0.356 e. The van der Waals surface area contributed by atoms with Crippen LogP contribution in [0.15, 0.2) is 6.33 Å². The maximum atomic E-state index is 4.62. The van der Waals surface area contributed by atoms with Crippen LogP contribution in [0.2, 0.25) is 0 Å². The van der Waals surface area contributed by atoms with Gasteiger partial charge < -0.3 is 4.90 Å². The molecule has 2 aromatic heterocycles. The van der Waals surface area contributed by atoms with Crippen molar-refractivity contribution in [1.82, 2.24) is 9.97 Å². The Bertz CT molecular complexity index is 613. The maximum Gasteiger partial charge on any atom is 0.141 e. The molecule has 100 valence electrons. The summed E-state index contributed by atoms with van der Waals surface area (Å²) < 4.78 is 0. The lowest BCUT2D eigenvalue weighted by molar-refractivity contribution is 0.508. The van der Waals surface area contributed by atoms with Gasteiger partial charge >= 0.3 is 0 Å². The molecular weight excluding hydrogens is 254 g/mol. The van der Waals surface area contributed by atoms with Gasteiger partial charge in [-0.1, -0.05) is 6.92 Å². The molecule has 1 atom stereocenters. The van der Waals surface area contributed by atoms with Gasteiger partial charge in [-0.05, 0) is 43.6 Å². The second kappa shape index (κ2) is 4.44. The Balaban J connectivity index is 1.91. The van der Waals surface area contributed by atoms with Crippen LogP contribution < -0.4 is 4.90 Å². The molecule has 0 spiro atoms. The Hall–Kier alpha value is -1.16. The molecule has 3 nitrogen and oxygen atoms in total. The average Bonchev–Trinajstić information content (AvgIpc) is 3.04. The Labute approximate surface area is 117 Å². The highest BCUT2D eigenvalue weighted by molar-refractivity contribution is 7.19.